The van der Waals surface area contributed by atoms with E-state index < -0.39 is 17.9 Å². The molecule has 0 spiro atoms. The van der Waals surface area contributed by atoms with Gasteiger partial charge >= 0.3 is 0 Å². The van der Waals surface area contributed by atoms with Gasteiger partial charge in [0.05, 0.1) is 32.4 Å². The van der Waals surface area contributed by atoms with Crippen molar-refractivity contribution in [3.63, 3.8) is 0 Å². The van der Waals surface area contributed by atoms with Gasteiger partial charge < -0.3 is 19.5 Å². The summed E-state index contributed by atoms with van der Waals surface area (Å²) in [5.41, 5.74) is 1.75. The molecule has 46 heavy (non-hydrogen) atoms. The second kappa shape index (κ2) is 14.4. The summed E-state index contributed by atoms with van der Waals surface area (Å²) in [5, 5.41) is 16.3. The van der Waals surface area contributed by atoms with Crippen LogP contribution in [0.5, 0.6) is 0 Å². The zero-order valence-electron chi connectivity index (χ0n) is 27.6. The summed E-state index contributed by atoms with van der Waals surface area (Å²) in [6.07, 6.45) is 0.353. The molecule has 3 aromatic rings. The lowest BCUT2D eigenvalue weighted by molar-refractivity contribution is -0.127. The number of aromatic nitrogens is 2. The maximum atomic E-state index is 13.6. The molecule has 1 aliphatic heterocycles. The number of carbonyl (C=O) groups excluding carboxylic acids is 2. The summed E-state index contributed by atoms with van der Waals surface area (Å²) in [7, 11) is 0. The summed E-state index contributed by atoms with van der Waals surface area (Å²) in [5.74, 6) is -0.651. The molecule has 1 aliphatic rings. The predicted octanol–water partition coefficient (Wildman–Crippen LogP) is 7.07. The molecule has 12 heteroatoms. The number of nitriles is 1. The Bertz CT molecular complexity index is 1630. The second-order valence-electron chi connectivity index (χ2n) is 13.3. The van der Waals surface area contributed by atoms with Crippen molar-refractivity contribution in [1.82, 2.24) is 19.8 Å². The molecule has 0 radical (unpaired) electrons. The Balaban J connectivity index is 1.66. The van der Waals surface area contributed by atoms with E-state index in [1.165, 1.54) is 12.1 Å². The largest absolute Gasteiger partial charge is 0.372 e. The van der Waals surface area contributed by atoms with E-state index >= 15 is 0 Å². The molecule has 2 N–H and O–H groups in total. The van der Waals surface area contributed by atoms with E-state index in [1.807, 2.05) is 29.7 Å². The zero-order chi connectivity index (χ0) is 33.8. The number of rotatable bonds is 12. The SMILES string of the molecule is CCOC(C)(C)C=C(C#N)C(=O)N1CCCC1Cn1c(NC(=O)c2ccc(C(F)F)s2)nc2cc(CNC(C)C(C)(C)C)ccc21. The van der Waals surface area contributed by atoms with Crippen molar-refractivity contribution in [1.29, 1.82) is 5.26 Å². The molecule has 1 saturated heterocycles. The minimum absolute atomic E-state index is 0.0172. The summed E-state index contributed by atoms with van der Waals surface area (Å²) in [6.45, 7) is 16.0. The standard InChI is InChI=1S/C34H44F2N6O3S/c1-8-45-34(6,7)17-23(18-37)31(44)41-15-9-10-24(41)20-42-26-12-11-22(19-38-21(2)33(3,4)5)16-25(26)39-32(42)40-30(43)28-14-13-27(46-28)29(35)36/h11-14,16-17,21,24,29,38H,8-10,15,19-20H2,1-7H3,(H,39,40,43). The van der Waals surface area contributed by atoms with Crippen molar-refractivity contribution in [3.8, 4) is 6.07 Å². The summed E-state index contributed by atoms with van der Waals surface area (Å²) in [4.78, 5) is 33.3. The lowest BCUT2D eigenvalue weighted by Gasteiger charge is -2.28. The Morgan fingerprint density at radius 2 is 1.96 bits per heavy atom. The second-order valence-corrected chi connectivity index (χ2v) is 14.4. The number of alkyl halides is 2. The number of amides is 2. The fraction of sp³-hybridized carbons (Fsp3) is 0.529. The van der Waals surface area contributed by atoms with Crippen LogP contribution in [0, 0.1) is 16.7 Å². The van der Waals surface area contributed by atoms with Crippen molar-refractivity contribution in [2.24, 2.45) is 5.41 Å². The normalized spacial score (nSPS) is 16.7. The smallest absolute Gasteiger partial charge is 0.272 e. The lowest BCUT2D eigenvalue weighted by Crippen LogP contribution is -2.39. The van der Waals surface area contributed by atoms with Crippen LogP contribution in [0.3, 0.4) is 0 Å². The first kappa shape index (κ1) is 35.2. The van der Waals surface area contributed by atoms with Crippen LogP contribution in [0.1, 0.15) is 87.8 Å². The van der Waals surface area contributed by atoms with Crippen molar-refractivity contribution in [2.45, 2.75) is 98.5 Å². The Morgan fingerprint density at radius 3 is 2.59 bits per heavy atom. The molecule has 1 fully saturated rings. The monoisotopic (exact) mass is 654 g/mol. The number of fused-ring (bicyclic) bond motifs is 1. The Morgan fingerprint density at radius 1 is 1.22 bits per heavy atom. The van der Waals surface area contributed by atoms with Crippen molar-refractivity contribution >= 4 is 40.1 Å². The van der Waals surface area contributed by atoms with Gasteiger partial charge in [-0.2, -0.15) is 5.26 Å². The van der Waals surface area contributed by atoms with Crippen LogP contribution in [0.4, 0.5) is 14.7 Å². The highest BCUT2D eigenvalue weighted by atomic mass is 32.1. The number of nitrogens with zero attached hydrogens (tertiary/aromatic N) is 4. The van der Waals surface area contributed by atoms with Gasteiger partial charge in [0.15, 0.2) is 0 Å². The molecule has 0 bridgehead atoms. The van der Waals surface area contributed by atoms with Gasteiger partial charge in [-0.05, 0) is 81.9 Å². The third-order valence-electron chi connectivity index (χ3n) is 8.41. The molecule has 248 valence electrons. The maximum Gasteiger partial charge on any atom is 0.272 e. The molecule has 2 amide bonds. The third-order valence-corrected chi connectivity index (χ3v) is 9.50. The minimum Gasteiger partial charge on any atom is -0.372 e. The first-order chi connectivity index (χ1) is 21.6. The van der Waals surface area contributed by atoms with Crippen LogP contribution in [0.2, 0.25) is 0 Å². The number of halogens is 2. The minimum atomic E-state index is -2.67. The zero-order valence-corrected chi connectivity index (χ0v) is 28.4. The quantitative estimate of drug-likeness (QED) is 0.160. The van der Waals surface area contributed by atoms with Crippen LogP contribution in [0.15, 0.2) is 42.0 Å². The predicted molar refractivity (Wildman–Crippen MR) is 177 cm³/mol. The molecule has 2 atom stereocenters. The van der Waals surface area contributed by atoms with Gasteiger partial charge in [0.25, 0.3) is 18.2 Å². The number of benzene rings is 1. The van der Waals surface area contributed by atoms with Gasteiger partial charge in [-0.25, -0.2) is 13.8 Å². The Hall–Kier alpha value is -3.66. The summed E-state index contributed by atoms with van der Waals surface area (Å²) in [6, 6.07) is 10.6. The molecular weight excluding hydrogens is 610 g/mol. The Labute approximate surface area is 273 Å². The van der Waals surface area contributed by atoms with E-state index in [9.17, 15) is 23.6 Å². The number of anilines is 1. The van der Waals surface area contributed by atoms with E-state index in [1.54, 1.807) is 24.8 Å². The average molecular weight is 655 g/mol. The first-order valence-electron chi connectivity index (χ1n) is 15.6. The fourth-order valence-corrected chi connectivity index (χ4v) is 6.22. The Kier molecular flexibility index (Phi) is 11.0. The molecular formula is C34H44F2N6O3S. The van der Waals surface area contributed by atoms with Crippen molar-refractivity contribution < 1.29 is 23.1 Å². The number of nitrogens with one attached hydrogen (secondary N) is 2. The van der Waals surface area contributed by atoms with E-state index in [0.717, 1.165) is 28.8 Å². The van der Waals surface area contributed by atoms with Crippen molar-refractivity contribution in [2.75, 3.05) is 18.5 Å². The number of thiophene rings is 1. The van der Waals surface area contributed by atoms with Crippen molar-refractivity contribution in [3.05, 3.63) is 57.3 Å². The molecule has 9 nitrogen and oxygen atoms in total. The molecule has 4 rings (SSSR count). The van der Waals surface area contributed by atoms with E-state index in [-0.39, 0.29) is 44.7 Å². The van der Waals surface area contributed by atoms with Crippen LogP contribution < -0.4 is 10.6 Å². The number of carbonyl (C=O) groups is 2. The van der Waals surface area contributed by atoms with Gasteiger partial charge in [-0.1, -0.05) is 26.8 Å². The molecule has 0 aliphatic carbocycles. The van der Waals surface area contributed by atoms with Gasteiger partial charge in [-0.15, -0.1) is 11.3 Å². The fourth-order valence-electron chi connectivity index (χ4n) is 5.46. The highest BCUT2D eigenvalue weighted by molar-refractivity contribution is 7.14. The summed E-state index contributed by atoms with van der Waals surface area (Å²) >= 11 is 0.738. The van der Waals surface area contributed by atoms with E-state index in [2.05, 4.69) is 44.4 Å². The van der Waals surface area contributed by atoms with Crippen LogP contribution in [-0.2, 0) is 22.6 Å². The lowest BCUT2D eigenvalue weighted by atomic mass is 9.88. The van der Waals surface area contributed by atoms with Crippen LogP contribution >= 0.6 is 11.3 Å². The molecule has 2 aromatic heterocycles. The molecule has 1 aromatic carbocycles. The number of hydrogen-bond acceptors (Lipinski definition) is 7. The molecule has 3 heterocycles. The molecule has 0 saturated carbocycles. The van der Waals surface area contributed by atoms with Gasteiger partial charge in [0.2, 0.25) is 5.95 Å². The van der Waals surface area contributed by atoms with Crippen LogP contribution in [-0.4, -0.2) is 57.1 Å². The highest BCUT2D eigenvalue weighted by Crippen LogP contribution is 2.30. The highest BCUT2D eigenvalue weighted by Gasteiger charge is 2.33. The summed E-state index contributed by atoms with van der Waals surface area (Å²) < 4.78 is 34.0. The number of ether oxygens (including phenoxy) is 1. The third kappa shape index (κ3) is 8.37. The number of hydrogen-bond donors (Lipinski definition) is 2. The molecule has 2 unspecified atom stereocenters. The van der Waals surface area contributed by atoms with E-state index in [0.29, 0.717) is 38.2 Å². The van der Waals surface area contributed by atoms with E-state index in [4.69, 9.17) is 9.72 Å². The number of likely N-dealkylation sites (tertiary alicyclic amines) is 1. The topological polar surface area (TPSA) is 112 Å². The van der Waals surface area contributed by atoms with Gasteiger partial charge in [0.1, 0.15) is 11.6 Å². The maximum absolute atomic E-state index is 13.6. The van der Waals surface area contributed by atoms with Gasteiger partial charge in [0, 0.05) is 32.3 Å². The first-order valence-corrected chi connectivity index (χ1v) is 16.4. The number of imidazole rings is 1. The average Bonchev–Trinajstić information content (AvgIpc) is 3.73. The van der Waals surface area contributed by atoms with Gasteiger partial charge in [-0.3, -0.25) is 14.9 Å². The van der Waals surface area contributed by atoms with Crippen LogP contribution in [0.25, 0.3) is 11.0 Å².